The zero-order chi connectivity index (χ0) is 19.3. The number of benzene rings is 1. The molecule has 1 atom stereocenters. The molecule has 1 aromatic heterocycles. The topological polar surface area (TPSA) is 88.8 Å². The predicted molar refractivity (Wildman–Crippen MR) is 99.8 cm³/mol. The van der Waals surface area contributed by atoms with E-state index in [4.69, 9.17) is 9.15 Å². The van der Waals surface area contributed by atoms with Gasteiger partial charge in [-0.25, -0.2) is 17.9 Å². The van der Waals surface area contributed by atoms with Crippen LogP contribution in [0.3, 0.4) is 0 Å². The fourth-order valence-electron chi connectivity index (χ4n) is 3.20. The summed E-state index contributed by atoms with van der Waals surface area (Å²) >= 11 is 0. The van der Waals surface area contributed by atoms with Gasteiger partial charge in [0.2, 0.25) is 10.0 Å². The monoisotopic (exact) mass is 392 g/mol. The summed E-state index contributed by atoms with van der Waals surface area (Å²) < 4.78 is 38.4. The van der Waals surface area contributed by atoms with Crippen LogP contribution in [0.2, 0.25) is 0 Å². The van der Waals surface area contributed by atoms with Gasteiger partial charge in [0, 0.05) is 6.54 Å². The van der Waals surface area contributed by atoms with E-state index in [1.807, 2.05) is 6.07 Å². The minimum Gasteiger partial charge on any atom is -0.468 e. The Bertz CT molecular complexity index is 841. The number of likely N-dealkylation sites (tertiary alicyclic amines) is 1. The Labute approximate surface area is 159 Å². The molecule has 3 rings (SSSR count). The van der Waals surface area contributed by atoms with Crippen molar-refractivity contribution in [1.29, 1.82) is 0 Å². The van der Waals surface area contributed by atoms with Gasteiger partial charge >= 0.3 is 5.97 Å². The van der Waals surface area contributed by atoms with Gasteiger partial charge in [-0.1, -0.05) is 0 Å². The number of rotatable bonds is 8. The fourth-order valence-corrected chi connectivity index (χ4v) is 4.24. The molecule has 0 amide bonds. The van der Waals surface area contributed by atoms with Crippen LogP contribution in [0, 0.1) is 0 Å². The van der Waals surface area contributed by atoms with E-state index >= 15 is 0 Å². The Kier molecular flexibility index (Phi) is 6.30. The second-order valence-corrected chi connectivity index (χ2v) is 8.14. The number of nitrogens with one attached hydrogen (secondary N) is 1. The molecule has 1 aliphatic rings. The van der Waals surface area contributed by atoms with Crippen LogP contribution in [0.1, 0.15) is 41.9 Å². The van der Waals surface area contributed by atoms with E-state index < -0.39 is 16.0 Å². The van der Waals surface area contributed by atoms with E-state index in [0.717, 1.165) is 31.7 Å². The number of hydrogen-bond donors (Lipinski definition) is 1. The Morgan fingerprint density at radius 3 is 2.52 bits per heavy atom. The molecule has 1 saturated heterocycles. The number of nitrogens with zero attached hydrogens (tertiary/aromatic N) is 1. The van der Waals surface area contributed by atoms with E-state index in [1.54, 1.807) is 19.3 Å². The lowest BCUT2D eigenvalue weighted by molar-refractivity contribution is 0.0526. The lowest BCUT2D eigenvalue weighted by Gasteiger charge is -2.25. The Balaban J connectivity index is 1.70. The maximum atomic E-state index is 12.7. The summed E-state index contributed by atoms with van der Waals surface area (Å²) in [6.45, 7) is 4.04. The van der Waals surface area contributed by atoms with Crippen LogP contribution < -0.4 is 4.72 Å². The van der Waals surface area contributed by atoms with Gasteiger partial charge in [-0.2, -0.15) is 0 Å². The second-order valence-electron chi connectivity index (χ2n) is 6.37. The summed E-state index contributed by atoms with van der Waals surface area (Å²) in [4.78, 5) is 14.0. The largest absolute Gasteiger partial charge is 0.468 e. The van der Waals surface area contributed by atoms with Crippen LogP contribution >= 0.6 is 0 Å². The summed E-state index contributed by atoms with van der Waals surface area (Å²) in [5, 5.41) is 0. The van der Waals surface area contributed by atoms with Crippen molar-refractivity contribution in [2.24, 2.45) is 0 Å². The third-order valence-electron chi connectivity index (χ3n) is 4.60. The van der Waals surface area contributed by atoms with Crippen molar-refractivity contribution in [2.45, 2.75) is 30.7 Å². The third-order valence-corrected chi connectivity index (χ3v) is 6.03. The Morgan fingerprint density at radius 1 is 1.22 bits per heavy atom. The van der Waals surface area contributed by atoms with Gasteiger partial charge < -0.3 is 9.15 Å². The van der Waals surface area contributed by atoms with Gasteiger partial charge in [-0.05, 0) is 69.3 Å². The fraction of sp³-hybridized carbons (Fsp3) is 0.421. The Hall–Kier alpha value is -2.16. The van der Waals surface area contributed by atoms with Crippen molar-refractivity contribution in [2.75, 3.05) is 26.2 Å². The summed E-state index contributed by atoms with van der Waals surface area (Å²) in [6.07, 6.45) is 3.79. The van der Waals surface area contributed by atoms with Crippen LogP contribution in [0.4, 0.5) is 0 Å². The molecule has 1 aliphatic heterocycles. The zero-order valence-corrected chi connectivity index (χ0v) is 16.1. The van der Waals surface area contributed by atoms with Crippen LogP contribution in [0.15, 0.2) is 52.0 Å². The average Bonchev–Trinajstić information content (AvgIpc) is 3.37. The molecule has 7 nitrogen and oxygen atoms in total. The molecule has 1 aromatic carbocycles. The molecular formula is C19H24N2O5S. The number of ether oxygens (including phenoxy) is 1. The van der Waals surface area contributed by atoms with Gasteiger partial charge in [-0.15, -0.1) is 0 Å². The quantitative estimate of drug-likeness (QED) is 0.695. The highest BCUT2D eigenvalue weighted by atomic mass is 32.2. The number of esters is 1. The van der Waals surface area contributed by atoms with Crippen molar-refractivity contribution in [1.82, 2.24) is 9.62 Å². The van der Waals surface area contributed by atoms with Crippen LogP contribution in [0.5, 0.6) is 0 Å². The van der Waals surface area contributed by atoms with Crippen molar-refractivity contribution < 1.29 is 22.4 Å². The molecule has 0 bridgehead atoms. The molecule has 0 aliphatic carbocycles. The number of sulfonamides is 1. The summed E-state index contributed by atoms with van der Waals surface area (Å²) in [7, 11) is -3.70. The molecule has 0 saturated carbocycles. The van der Waals surface area contributed by atoms with E-state index in [-0.39, 0.29) is 24.1 Å². The molecule has 1 N–H and O–H groups in total. The van der Waals surface area contributed by atoms with E-state index in [9.17, 15) is 13.2 Å². The first-order valence-electron chi connectivity index (χ1n) is 9.05. The van der Waals surface area contributed by atoms with Crippen molar-refractivity contribution >= 4 is 16.0 Å². The highest BCUT2D eigenvalue weighted by molar-refractivity contribution is 7.89. The molecule has 1 unspecified atom stereocenters. The number of carbonyl (C=O) groups is 1. The molecular weight excluding hydrogens is 368 g/mol. The van der Waals surface area contributed by atoms with E-state index in [1.165, 1.54) is 24.3 Å². The van der Waals surface area contributed by atoms with Crippen molar-refractivity contribution in [3.8, 4) is 0 Å². The Morgan fingerprint density at radius 2 is 1.93 bits per heavy atom. The first-order chi connectivity index (χ1) is 13.0. The molecule has 2 heterocycles. The zero-order valence-electron chi connectivity index (χ0n) is 15.3. The van der Waals surface area contributed by atoms with E-state index in [0.29, 0.717) is 5.56 Å². The third kappa shape index (κ3) is 4.77. The van der Waals surface area contributed by atoms with Gasteiger partial charge in [0.25, 0.3) is 0 Å². The van der Waals surface area contributed by atoms with Crippen LogP contribution in [0.25, 0.3) is 0 Å². The standard InChI is InChI=1S/C19H24N2O5S/c1-2-25-19(22)15-7-9-16(10-8-15)27(23,24)20-14-17(18-6-5-13-26-18)21-11-3-4-12-21/h5-10,13,17,20H,2-4,11-12,14H2,1H3. The smallest absolute Gasteiger partial charge is 0.338 e. The number of furan rings is 1. The van der Waals surface area contributed by atoms with Crippen LogP contribution in [-0.2, 0) is 14.8 Å². The summed E-state index contributed by atoms with van der Waals surface area (Å²) in [5.74, 6) is 0.276. The molecule has 0 spiro atoms. The second kappa shape index (κ2) is 8.69. The molecule has 1 fully saturated rings. The minimum atomic E-state index is -3.70. The highest BCUT2D eigenvalue weighted by Crippen LogP contribution is 2.25. The first kappa shape index (κ1) is 19.6. The minimum absolute atomic E-state index is 0.107. The molecule has 27 heavy (non-hydrogen) atoms. The van der Waals surface area contributed by atoms with E-state index in [2.05, 4.69) is 9.62 Å². The van der Waals surface area contributed by atoms with Crippen molar-refractivity contribution in [3.63, 3.8) is 0 Å². The van der Waals surface area contributed by atoms with Gasteiger partial charge in [0.15, 0.2) is 0 Å². The van der Waals surface area contributed by atoms with Gasteiger partial charge in [-0.3, -0.25) is 4.90 Å². The number of hydrogen-bond acceptors (Lipinski definition) is 6. The normalized spacial score (nSPS) is 16.3. The molecule has 146 valence electrons. The van der Waals surface area contributed by atoms with Crippen molar-refractivity contribution in [3.05, 3.63) is 54.0 Å². The first-order valence-corrected chi connectivity index (χ1v) is 10.5. The molecule has 2 aromatic rings. The van der Waals surface area contributed by atoms with Crippen LogP contribution in [-0.4, -0.2) is 45.5 Å². The molecule has 0 radical (unpaired) electrons. The predicted octanol–water partition coefficient (Wildman–Crippen LogP) is 2.57. The summed E-state index contributed by atoms with van der Waals surface area (Å²) in [6, 6.07) is 9.26. The SMILES string of the molecule is CCOC(=O)c1ccc(S(=O)(=O)NCC(c2ccco2)N2CCCC2)cc1. The maximum absolute atomic E-state index is 12.7. The van der Waals surface area contributed by atoms with Gasteiger partial charge in [0.05, 0.1) is 29.4 Å². The van der Waals surface area contributed by atoms with Gasteiger partial charge in [0.1, 0.15) is 5.76 Å². The lowest BCUT2D eigenvalue weighted by Crippen LogP contribution is -2.36. The summed E-state index contributed by atoms with van der Waals surface area (Å²) in [5.41, 5.74) is 0.321. The number of carbonyl (C=O) groups excluding carboxylic acids is 1. The maximum Gasteiger partial charge on any atom is 0.338 e. The molecule has 8 heteroatoms. The highest BCUT2D eigenvalue weighted by Gasteiger charge is 2.27. The average molecular weight is 392 g/mol. The lowest BCUT2D eigenvalue weighted by atomic mass is 10.2.